The van der Waals surface area contributed by atoms with Crippen LogP contribution in [0.1, 0.15) is 33.6 Å². The third kappa shape index (κ3) is 5.65. The summed E-state index contributed by atoms with van der Waals surface area (Å²) in [6.45, 7) is 5.43. The number of rotatable bonds is 7. The minimum absolute atomic E-state index is 0.0185. The fraction of sp³-hybridized carbons (Fsp3) is 0.500. The molecule has 0 aliphatic carbocycles. The maximum absolute atomic E-state index is 12.1. The highest BCUT2D eigenvalue weighted by atomic mass is 35.5. The van der Waals surface area contributed by atoms with Crippen LogP contribution in [-0.2, 0) is 14.8 Å². The Morgan fingerprint density at radius 1 is 1.24 bits per heavy atom. The SMILES string of the molecule is CCC[C@@H](C)NC(=O)[C@@H](C)NS(=O)(=O)c1ccc(Cl)cc1. The number of sulfonamides is 1. The Labute approximate surface area is 131 Å². The molecule has 0 radical (unpaired) electrons. The van der Waals surface area contributed by atoms with Gasteiger partial charge in [-0.25, -0.2) is 8.42 Å². The quantitative estimate of drug-likeness (QED) is 0.804. The second-order valence-electron chi connectivity index (χ2n) is 5.00. The van der Waals surface area contributed by atoms with Gasteiger partial charge in [-0.05, 0) is 44.5 Å². The normalized spacial score (nSPS) is 14.5. The van der Waals surface area contributed by atoms with Crippen LogP contribution in [0.2, 0.25) is 5.02 Å². The van der Waals surface area contributed by atoms with Gasteiger partial charge in [-0.1, -0.05) is 24.9 Å². The number of benzene rings is 1. The zero-order valence-electron chi connectivity index (χ0n) is 12.4. The summed E-state index contributed by atoms with van der Waals surface area (Å²) in [6.07, 6.45) is 1.80. The first kappa shape index (κ1) is 17.9. The van der Waals surface area contributed by atoms with Gasteiger partial charge in [0.25, 0.3) is 0 Å². The zero-order valence-corrected chi connectivity index (χ0v) is 14.0. The highest BCUT2D eigenvalue weighted by molar-refractivity contribution is 7.89. The summed E-state index contributed by atoms with van der Waals surface area (Å²) in [7, 11) is -3.74. The van der Waals surface area contributed by atoms with Crippen molar-refractivity contribution >= 4 is 27.5 Å². The average Bonchev–Trinajstić information content (AvgIpc) is 2.38. The van der Waals surface area contributed by atoms with Crippen molar-refractivity contribution in [3.05, 3.63) is 29.3 Å². The summed E-state index contributed by atoms with van der Waals surface area (Å²) in [5.74, 6) is -0.339. The minimum Gasteiger partial charge on any atom is -0.352 e. The molecule has 1 aromatic carbocycles. The van der Waals surface area contributed by atoms with E-state index in [1.165, 1.54) is 31.2 Å². The summed E-state index contributed by atoms with van der Waals surface area (Å²) in [5, 5.41) is 3.23. The average molecular weight is 333 g/mol. The van der Waals surface area contributed by atoms with Crippen LogP contribution < -0.4 is 10.0 Å². The highest BCUT2D eigenvalue weighted by Gasteiger charge is 2.22. The lowest BCUT2D eigenvalue weighted by Crippen LogP contribution is -2.47. The van der Waals surface area contributed by atoms with Crippen LogP contribution in [0.5, 0.6) is 0 Å². The summed E-state index contributed by atoms with van der Waals surface area (Å²) < 4.78 is 26.6. The van der Waals surface area contributed by atoms with Crippen molar-refractivity contribution < 1.29 is 13.2 Å². The molecule has 5 nitrogen and oxygen atoms in total. The molecule has 7 heteroatoms. The molecule has 0 spiro atoms. The van der Waals surface area contributed by atoms with Crippen LogP contribution in [0.15, 0.2) is 29.2 Å². The maximum atomic E-state index is 12.1. The number of carbonyl (C=O) groups is 1. The largest absolute Gasteiger partial charge is 0.352 e. The number of hydrogen-bond donors (Lipinski definition) is 2. The second-order valence-corrected chi connectivity index (χ2v) is 7.15. The van der Waals surface area contributed by atoms with E-state index in [1.807, 2.05) is 13.8 Å². The van der Waals surface area contributed by atoms with E-state index in [2.05, 4.69) is 10.0 Å². The molecule has 118 valence electrons. The molecule has 0 fully saturated rings. The molecule has 0 unspecified atom stereocenters. The van der Waals surface area contributed by atoms with Crippen molar-refractivity contribution in [1.29, 1.82) is 0 Å². The number of carbonyl (C=O) groups excluding carboxylic acids is 1. The van der Waals surface area contributed by atoms with Crippen molar-refractivity contribution in [2.24, 2.45) is 0 Å². The van der Waals surface area contributed by atoms with Gasteiger partial charge in [0.2, 0.25) is 15.9 Å². The molecule has 21 heavy (non-hydrogen) atoms. The van der Waals surface area contributed by atoms with Crippen LogP contribution in [0, 0.1) is 0 Å². The molecule has 0 saturated carbocycles. The summed E-state index contributed by atoms with van der Waals surface area (Å²) >= 11 is 5.73. The smallest absolute Gasteiger partial charge is 0.241 e. The van der Waals surface area contributed by atoms with Crippen molar-refractivity contribution in [3.8, 4) is 0 Å². The van der Waals surface area contributed by atoms with Gasteiger partial charge in [0.15, 0.2) is 0 Å². The summed E-state index contributed by atoms with van der Waals surface area (Å²) in [6, 6.07) is 4.95. The van der Waals surface area contributed by atoms with E-state index in [-0.39, 0.29) is 16.8 Å². The minimum atomic E-state index is -3.74. The Morgan fingerprint density at radius 2 is 1.81 bits per heavy atom. The van der Waals surface area contributed by atoms with Crippen molar-refractivity contribution in [3.63, 3.8) is 0 Å². The topological polar surface area (TPSA) is 75.3 Å². The molecule has 2 N–H and O–H groups in total. The molecule has 2 atom stereocenters. The van der Waals surface area contributed by atoms with E-state index in [4.69, 9.17) is 11.6 Å². The number of halogens is 1. The first-order valence-electron chi connectivity index (χ1n) is 6.84. The molecule has 0 bridgehead atoms. The van der Waals surface area contributed by atoms with Gasteiger partial charge < -0.3 is 5.32 Å². The Morgan fingerprint density at radius 3 is 2.33 bits per heavy atom. The lowest BCUT2D eigenvalue weighted by molar-refractivity contribution is -0.123. The van der Waals surface area contributed by atoms with Gasteiger partial charge >= 0.3 is 0 Å². The van der Waals surface area contributed by atoms with Crippen LogP contribution >= 0.6 is 11.6 Å². The monoisotopic (exact) mass is 332 g/mol. The van der Waals surface area contributed by atoms with Crippen LogP contribution in [0.3, 0.4) is 0 Å². The van der Waals surface area contributed by atoms with Gasteiger partial charge in [0.05, 0.1) is 10.9 Å². The van der Waals surface area contributed by atoms with Gasteiger partial charge in [0.1, 0.15) is 0 Å². The number of amides is 1. The van der Waals surface area contributed by atoms with E-state index >= 15 is 0 Å². The lowest BCUT2D eigenvalue weighted by atomic mass is 10.2. The fourth-order valence-corrected chi connectivity index (χ4v) is 3.17. The fourth-order valence-electron chi connectivity index (χ4n) is 1.84. The Balaban J connectivity index is 2.70. The standard InChI is InChI=1S/C14H21ClN2O3S/c1-4-5-10(2)16-14(18)11(3)17-21(19,20)13-8-6-12(15)7-9-13/h6-11,17H,4-5H2,1-3H3,(H,16,18)/t10-,11-/m1/s1. The van der Waals surface area contributed by atoms with E-state index in [1.54, 1.807) is 0 Å². The van der Waals surface area contributed by atoms with Crippen LogP contribution in [-0.4, -0.2) is 26.4 Å². The Bertz CT molecular complexity index is 572. The molecule has 1 rings (SSSR count). The summed E-state index contributed by atoms with van der Waals surface area (Å²) in [4.78, 5) is 12.0. The molecule has 0 heterocycles. The van der Waals surface area contributed by atoms with Gasteiger partial charge in [-0.3, -0.25) is 4.79 Å². The Kier molecular flexibility index (Phi) is 6.64. The highest BCUT2D eigenvalue weighted by Crippen LogP contribution is 2.14. The third-order valence-corrected chi connectivity index (χ3v) is 4.77. The number of hydrogen-bond acceptors (Lipinski definition) is 3. The molecule has 1 amide bonds. The van der Waals surface area contributed by atoms with Crippen molar-refractivity contribution in [2.75, 3.05) is 0 Å². The first-order valence-corrected chi connectivity index (χ1v) is 8.70. The molecule has 0 saturated heterocycles. The second kappa shape index (κ2) is 7.77. The van der Waals surface area contributed by atoms with E-state index < -0.39 is 16.1 Å². The van der Waals surface area contributed by atoms with Crippen LogP contribution in [0.4, 0.5) is 0 Å². The van der Waals surface area contributed by atoms with E-state index in [0.29, 0.717) is 5.02 Å². The van der Waals surface area contributed by atoms with E-state index in [0.717, 1.165) is 12.8 Å². The zero-order chi connectivity index (χ0) is 16.0. The number of nitrogens with one attached hydrogen (secondary N) is 2. The van der Waals surface area contributed by atoms with E-state index in [9.17, 15) is 13.2 Å². The summed E-state index contributed by atoms with van der Waals surface area (Å²) in [5.41, 5.74) is 0. The van der Waals surface area contributed by atoms with Crippen molar-refractivity contribution in [1.82, 2.24) is 10.0 Å². The van der Waals surface area contributed by atoms with Gasteiger partial charge in [-0.15, -0.1) is 0 Å². The molecular formula is C14H21ClN2O3S. The first-order chi connectivity index (χ1) is 9.76. The maximum Gasteiger partial charge on any atom is 0.241 e. The third-order valence-electron chi connectivity index (χ3n) is 2.96. The molecule has 1 aromatic rings. The van der Waals surface area contributed by atoms with Gasteiger partial charge in [0, 0.05) is 11.1 Å². The Hall–Kier alpha value is -1.11. The van der Waals surface area contributed by atoms with Crippen molar-refractivity contribution in [2.45, 2.75) is 50.6 Å². The molecular weight excluding hydrogens is 312 g/mol. The predicted molar refractivity (Wildman–Crippen MR) is 83.7 cm³/mol. The molecule has 0 aromatic heterocycles. The lowest BCUT2D eigenvalue weighted by Gasteiger charge is -2.18. The predicted octanol–water partition coefficient (Wildman–Crippen LogP) is 2.31. The van der Waals surface area contributed by atoms with Gasteiger partial charge in [-0.2, -0.15) is 4.72 Å². The van der Waals surface area contributed by atoms with Crippen LogP contribution in [0.25, 0.3) is 0 Å². The molecule has 0 aliphatic heterocycles. The molecule has 0 aliphatic rings.